The second-order valence-electron chi connectivity index (χ2n) is 12.4. The fourth-order valence-electron chi connectivity index (χ4n) is 7.08. The van der Waals surface area contributed by atoms with E-state index in [0.717, 1.165) is 77.2 Å². The van der Waals surface area contributed by atoms with Crippen molar-refractivity contribution in [2.45, 2.75) is 45.3 Å². The van der Waals surface area contributed by atoms with Gasteiger partial charge in [0.05, 0.1) is 48.2 Å². The van der Waals surface area contributed by atoms with Gasteiger partial charge in [-0.2, -0.15) is 0 Å². The van der Waals surface area contributed by atoms with E-state index in [1.54, 1.807) is 27.3 Å². The minimum atomic E-state index is -0.306. The molecule has 5 heterocycles. The molecule has 244 valence electrons. The number of benzene rings is 2. The summed E-state index contributed by atoms with van der Waals surface area (Å²) in [5.74, 6) is 2.82. The highest BCUT2D eigenvalue weighted by Crippen LogP contribution is 2.34. The second-order valence-corrected chi connectivity index (χ2v) is 12.4. The van der Waals surface area contributed by atoms with Crippen LogP contribution in [0.2, 0.25) is 0 Å². The molecule has 12 heteroatoms. The Hall–Kier alpha value is -4.97. The summed E-state index contributed by atoms with van der Waals surface area (Å²) in [5.41, 5.74) is 4.12. The average molecular weight is 637 g/mol. The molecule has 2 aromatic carbocycles. The minimum absolute atomic E-state index is 0.00540. The van der Waals surface area contributed by atoms with Gasteiger partial charge in [-0.25, -0.2) is 15.0 Å². The monoisotopic (exact) mass is 636 g/mol. The van der Waals surface area contributed by atoms with Crippen LogP contribution in [0.1, 0.15) is 37.5 Å². The second kappa shape index (κ2) is 12.7. The number of hydrogen-bond acceptors (Lipinski definition) is 8. The van der Waals surface area contributed by atoms with Crippen molar-refractivity contribution in [2.24, 2.45) is 0 Å². The van der Waals surface area contributed by atoms with Crippen molar-refractivity contribution in [3.8, 4) is 22.9 Å². The zero-order chi connectivity index (χ0) is 32.7. The van der Waals surface area contributed by atoms with Crippen molar-refractivity contribution in [1.29, 1.82) is 0 Å². The lowest BCUT2D eigenvalue weighted by molar-refractivity contribution is -0.139. The van der Waals surface area contributed by atoms with Gasteiger partial charge in [0.25, 0.3) is 0 Å². The van der Waals surface area contributed by atoms with E-state index in [9.17, 15) is 9.59 Å². The topological polar surface area (TPSA) is 122 Å². The van der Waals surface area contributed by atoms with Crippen LogP contribution in [0.4, 0.5) is 0 Å². The summed E-state index contributed by atoms with van der Waals surface area (Å²) < 4.78 is 13.1. The van der Waals surface area contributed by atoms with Crippen LogP contribution in [0, 0.1) is 6.92 Å². The largest absolute Gasteiger partial charge is 0.497 e. The van der Waals surface area contributed by atoms with Crippen molar-refractivity contribution in [3.63, 3.8) is 0 Å². The maximum atomic E-state index is 14.2. The highest BCUT2D eigenvalue weighted by molar-refractivity contribution is 5.86. The summed E-state index contributed by atoms with van der Waals surface area (Å²) in [7, 11) is 3.25. The number of H-pyrrole nitrogens is 1. The molecule has 1 atom stereocenters. The van der Waals surface area contributed by atoms with Crippen LogP contribution in [-0.2, 0) is 16.1 Å². The first-order valence-electron chi connectivity index (χ1n) is 16.1. The van der Waals surface area contributed by atoms with Crippen LogP contribution in [-0.4, -0.2) is 104 Å². The molecule has 0 radical (unpaired) electrons. The average Bonchev–Trinajstić information content (AvgIpc) is 3.71. The van der Waals surface area contributed by atoms with Gasteiger partial charge in [0.1, 0.15) is 30.0 Å². The predicted molar refractivity (Wildman–Crippen MR) is 178 cm³/mol. The number of likely N-dealkylation sites (tertiary alicyclic amines) is 1. The minimum Gasteiger partial charge on any atom is -0.497 e. The molecular weight excluding hydrogens is 596 g/mol. The molecule has 1 N–H and O–H groups in total. The van der Waals surface area contributed by atoms with Gasteiger partial charge >= 0.3 is 0 Å². The molecule has 5 aromatic rings. The lowest BCUT2D eigenvalue weighted by Gasteiger charge is -2.46. The lowest BCUT2D eigenvalue weighted by atomic mass is 10.00. The first kappa shape index (κ1) is 30.7. The number of aryl methyl sites for hydroxylation is 1. The molecular formula is C35H40N8O4. The predicted octanol–water partition coefficient (Wildman–Crippen LogP) is 4.20. The molecule has 2 fully saturated rings. The third-order valence-electron chi connectivity index (χ3n) is 9.68. The van der Waals surface area contributed by atoms with E-state index in [2.05, 4.69) is 16.0 Å². The SMILES string of the molecule is COc1ccc2nc(C)n(CC(=O)N3CCN(C4CCN(C(C)=O)CC4)C[C@H]3c3ncc(-c4cc5ccccc5nc4OC)[nH]3)c2c1. The van der Waals surface area contributed by atoms with Crippen molar-refractivity contribution < 1.29 is 19.1 Å². The molecule has 3 aromatic heterocycles. The number of carbonyl (C=O) groups is 2. The highest BCUT2D eigenvalue weighted by atomic mass is 16.5. The Morgan fingerprint density at radius 3 is 2.53 bits per heavy atom. The van der Waals surface area contributed by atoms with Gasteiger partial charge in [0.2, 0.25) is 17.7 Å². The number of piperazine rings is 1. The Bertz CT molecular complexity index is 1940. The molecule has 0 saturated carbocycles. The molecule has 2 saturated heterocycles. The van der Waals surface area contributed by atoms with Crippen molar-refractivity contribution >= 4 is 33.8 Å². The smallest absolute Gasteiger partial charge is 0.243 e. The number of nitrogens with one attached hydrogen (secondary N) is 1. The molecule has 0 bridgehead atoms. The van der Waals surface area contributed by atoms with E-state index < -0.39 is 0 Å². The maximum absolute atomic E-state index is 14.2. The van der Waals surface area contributed by atoms with Crippen molar-refractivity contribution in [2.75, 3.05) is 46.9 Å². The number of para-hydroxylation sites is 1. The molecule has 12 nitrogen and oxygen atoms in total. The number of amides is 2. The summed E-state index contributed by atoms with van der Waals surface area (Å²) in [6.45, 7) is 7.15. The molecule has 7 rings (SSSR count). The number of imidazole rings is 2. The quantitative estimate of drug-likeness (QED) is 0.282. The van der Waals surface area contributed by atoms with Crippen molar-refractivity contribution in [3.05, 3.63) is 66.4 Å². The molecule has 0 unspecified atom stereocenters. The molecule has 0 aliphatic carbocycles. The third kappa shape index (κ3) is 5.89. The van der Waals surface area contributed by atoms with E-state index in [1.807, 2.05) is 63.8 Å². The van der Waals surface area contributed by atoms with Gasteiger partial charge in [0.15, 0.2) is 0 Å². The number of aromatic nitrogens is 5. The Morgan fingerprint density at radius 2 is 1.77 bits per heavy atom. The normalized spacial score (nSPS) is 17.8. The van der Waals surface area contributed by atoms with E-state index in [-0.39, 0.29) is 24.4 Å². The standard InChI is InChI=1S/C35H40N8O4/c1-22-37-29-10-9-26(46-3)18-31(29)43(22)21-33(45)42-16-15-41(25-11-13-40(14-12-25)23(2)44)20-32(42)34-36-19-30(38-34)27-17-24-7-5-6-8-28(24)39-35(27)47-4/h5-10,17-19,25,32H,11-16,20-21H2,1-4H3,(H,36,38)/t32-/m0/s1. The Labute approximate surface area is 273 Å². The highest BCUT2D eigenvalue weighted by Gasteiger charge is 2.37. The van der Waals surface area contributed by atoms with Crippen LogP contribution in [0.25, 0.3) is 33.2 Å². The van der Waals surface area contributed by atoms with Crippen molar-refractivity contribution in [1.82, 2.24) is 39.2 Å². The lowest BCUT2D eigenvalue weighted by Crippen LogP contribution is -2.56. The van der Waals surface area contributed by atoms with Crippen LogP contribution >= 0.6 is 0 Å². The Kier molecular flexibility index (Phi) is 8.27. The maximum Gasteiger partial charge on any atom is 0.243 e. The van der Waals surface area contributed by atoms with Gasteiger partial charge in [-0.3, -0.25) is 14.5 Å². The third-order valence-corrected chi connectivity index (χ3v) is 9.68. The summed E-state index contributed by atoms with van der Waals surface area (Å²) in [5, 5.41) is 0.997. The number of aromatic amines is 1. The molecule has 2 aliphatic rings. The summed E-state index contributed by atoms with van der Waals surface area (Å²) in [6.07, 6.45) is 3.62. The number of methoxy groups -OCH3 is 2. The number of nitrogens with zero attached hydrogens (tertiary/aromatic N) is 7. The number of hydrogen-bond donors (Lipinski definition) is 1. The number of fused-ring (bicyclic) bond motifs is 2. The zero-order valence-electron chi connectivity index (χ0n) is 27.3. The van der Waals surface area contributed by atoms with E-state index in [0.29, 0.717) is 30.8 Å². The van der Waals surface area contributed by atoms with E-state index >= 15 is 0 Å². The fraction of sp³-hybridized carbons (Fsp3) is 0.400. The molecule has 0 spiro atoms. The van der Waals surface area contributed by atoms with Gasteiger partial charge in [-0.1, -0.05) is 18.2 Å². The zero-order valence-corrected chi connectivity index (χ0v) is 27.3. The number of ether oxygens (including phenoxy) is 2. The Balaban J connectivity index is 1.20. The van der Waals surface area contributed by atoms with Gasteiger partial charge in [-0.05, 0) is 44.0 Å². The number of rotatable bonds is 7. The van der Waals surface area contributed by atoms with Gasteiger partial charge < -0.3 is 28.8 Å². The molecule has 2 aliphatic heterocycles. The summed E-state index contributed by atoms with van der Waals surface area (Å²) in [4.78, 5) is 50.4. The van der Waals surface area contributed by atoms with Gasteiger partial charge in [0, 0.05) is 57.1 Å². The number of pyridine rings is 1. The molecule has 47 heavy (non-hydrogen) atoms. The first-order chi connectivity index (χ1) is 22.8. The number of piperidine rings is 1. The first-order valence-corrected chi connectivity index (χ1v) is 16.1. The summed E-state index contributed by atoms with van der Waals surface area (Å²) >= 11 is 0. The number of carbonyl (C=O) groups excluding carboxylic acids is 2. The van der Waals surface area contributed by atoms with Crippen LogP contribution in [0.15, 0.2) is 54.7 Å². The molecule has 2 amide bonds. The van der Waals surface area contributed by atoms with E-state index in [4.69, 9.17) is 24.4 Å². The van der Waals surface area contributed by atoms with E-state index in [1.165, 1.54) is 0 Å². The van der Waals surface area contributed by atoms with Gasteiger partial charge in [-0.15, -0.1) is 0 Å². The Morgan fingerprint density at radius 1 is 0.957 bits per heavy atom. The van der Waals surface area contributed by atoms with Crippen LogP contribution in [0.5, 0.6) is 11.6 Å². The fourth-order valence-corrected chi connectivity index (χ4v) is 7.08. The van der Waals surface area contributed by atoms with Crippen LogP contribution < -0.4 is 9.47 Å². The van der Waals surface area contributed by atoms with Crippen LogP contribution in [0.3, 0.4) is 0 Å². The summed E-state index contributed by atoms with van der Waals surface area (Å²) in [6, 6.07) is 15.7.